The van der Waals surface area contributed by atoms with Crippen LogP contribution in [0.25, 0.3) is 0 Å². The Morgan fingerprint density at radius 1 is 1.39 bits per heavy atom. The molecule has 2 unspecified atom stereocenters. The van der Waals surface area contributed by atoms with Gasteiger partial charge in [-0.05, 0) is 45.6 Å². The van der Waals surface area contributed by atoms with Crippen LogP contribution in [0.1, 0.15) is 45.4 Å². The molecule has 1 amide bonds. The van der Waals surface area contributed by atoms with Crippen molar-refractivity contribution in [1.29, 1.82) is 0 Å². The van der Waals surface area contributed by atoms with E-state index in [2.05, 4.69) is 17.6 Å². The molecule has 2 fully saturated rings. The monoisotopic (exact) mass is 276 g/mol. The molecule has 2 aliphatic rings. The molecule has 0 aromatic carbocycles. The number of halogens is 1. The smallest absolute Gasteiger partial charge is 0.220 e. The molecule has 2 rings (SSSR count). The van der Waals surface area contributed by atoms with Crippen LogP contribution >= 0.6 is 12.4 Å². The van der Waals surface area contributed by atoms with Crippen molar-refractivity contribution in [3.05, 3.63) is 0 Å². The molecule has 0 bridgehead atoms. The Morgan fingerprint density at radius 3 is 2.83 bits per heavy atom. The first-order valence-corrected chi connectivity index (χ1v) is 6.89. The standard InChI is InChI=1S/C13H24N2O2.ClH/c1-10-4-5-12(17-10)6-7-13(16)15-11-3-2-8-14-9-11;/h10-12,14H,2-9H2,1H3,(H,15,16);1H/t10?,11-,12?;/m0./s1. The van der Waals surface area contributed by atoms with Gasteiger partial charge in [0.15, 0.2) is 0 Å². The summed E-state index contributed by atoms with van der Waals surface area (Å²) in [5.41, 5.74) is 0. The van der Waals surface area contributed by atoms with Gasteiger partial charge in [0.1, 0.15) is 0 Å². The highest BCUT2D eigenvalue weighted by molar-refractivity contribution is 5.85. The Morgan fingerprint density at radius 2 is 2.22 bits per heavy atom. The number of carbonyl (C=O) groups is 1. The maximum atomic E-state index is 11.8. The van der Waals surface area contributed by atoms with Crippen molar-refractivity contribution in [2.75, 3.05) is 13.1 Å². The molecule has 5 heteroatoms. The van der Waals surface area contributed by atoms with Crippen LogP contribution in [-0.4, -0.2) is 37.2 Å². The lowest BCUT2D eigenvalue weighted by atomic mass is 10.1. The predicted molar refractivity (Wildman–Crippen MR) is 74.1 cm³/mol. The average molecular weight is 277 g/mol. The largest absolute Gasteiger partial charge is 0.375 e. The number of hydrogen-bond donors (Lipinski definition) is 2. The predicted octanol–water partition coefficient (Wildman–Crippen LogP) is 1.62. The second-order valence-electron chi connectivity index (χ2n) is 5.30. The van der Waals surface area contributed by atoms with Crippen LogP contribution in [-0.2, 0) is 9.53 Å². The quantitative estimate of drug-likeness (QED) is 0.821. The fourth-order valence-corrected chi connectivity index (χ4v) is 2.66. The summed E-state index contributed by atoms with van der Waals surface area (Å²) in [7, 11) is 0. The lowest BCUT2D eigenvalue weighted by Crippen LogP contribution is -2.45. The molecular formula is C13H25ClN2O2. The molecule has 2 N–H and O–H groups in total. The zero-order valence-corrected chi connectivity index (χ0v) is 11.9. The first kappa shape index (κ1) is 15.7. The fourth-order valence-electron chi connectivity index (χ4n) is 2.66. The van der Waals surface area contributed by atoms with Crippen molar-refractivity contribution in [2.45, 2.75) is 63.7 Å². The topological polar surface area (TPSA) is 50.4 Å². The van der Waals surface area contributed by atoms with E-state index >= 15 is 0 Å². The molecule has 2 aliphatic heterocycles. The maximum Gasteiger partial charge on any atom is 0.220 e. The zero-order chi connectivity index (χ0) is 12.1. The summed E-state index contributed by atoms with van der Waals surface area (Å²) in [4.78, 5) is 11.8. The second-order valence-corrected chi connectivity index (χ2v) is 5.30. The average Bonchev–Trinajstić information content (AvgIpc) is 2.74. The summed E-state index contributed by atoms with van der Waals surface area (Å²) in [6.07, 6.45) is 6.68. The van der Waals surface area contributed by atoms with Crippen LogP contribution in [0.4, 0.5) is 0 Å². The third-order valence-electron chi connectivity index (χ3n) is 3.68. The first-order chi connectivity index (χ1) is 8.24. The molecule has 0 spiro atoms. The lowest BCUT2D eigenvalue weighted by molar-refractivity contribution is -0.122. The zero-order valence-electron chi connectivity index (χ0n) is 11.1. The van der Waals surface area contributed by atoms with Gasteiger partial charge in [0.25, 0.3) is 0 Å². The van der Waals surface area contributed by atoms with Crippen molar-refractivity contribution in [3.63, 3.8) is 0 Å². The van der Waals surface area contributed by atoms with Gasteiger partial charge in [0.2, 0.25) is 5.91 Å². The van der Waals surface area contributed by atoms with Crippen molar-refractivity contribution in [1.82, 2.24) is 10.6 Å². The van der Waals surface area contributed by atoms with Crippen molar-refractivity contribution in [3.8, 4) is 0 Å². The fraction of sp³-hybridized carbons (Fsp3) is 0.923. The molecule has 0 aromatic rings. The number of ether oxygens (including phenoxy) is 1. The highest BCUT2D eigenvalue weighted by atomic mass is 35.5. The van der Waals surface area contributed by atoms with Crippen LogP contribution in [0.5, 0.6) is 0 Å². The Balaban J connectivity index is 0.00000162. The van der Waals surface area contributed by atoms with Crippen LogP contribution in [0.15, 0.2) is 0 Å². The SMILES string of the molecule is CC1CCC(CCC(=O)N[C@H]2CCCNC2)O1.Cl. The van der Waals surface area contributed by atoms with Gasteiger partial charge in [-0.15, -0.1) is 12.4 Å². The molecule has 2 heterocycles. The van der Waals surface area contributed by atoms with Gasteiger partial charge in [-0.1, -0.05) is 0 Å². The summed E-state index contributed by atoms with van der Waals surface area (Å²) < 4.78 is 5.71. The Labute approximate surface area is 116 Å². The number of nitrogens with one attached hydrogen (secondary N) is 2. The van der Waals surface area contributed by atoms with E-state index in [-0.39, 0.29) is 18.3 Å². The van der Waals surface area contributed by atoms with E-state index in [1.807, 2.05) is 0 Å². The summed E-state index contributed by atoms with van der Waals surface area (Å²) in [5.74, 6) is 0.182. The summed E-state index contributed by atoms with van der Waals surface area (Å²) >= 11 is 0. The highest BCUT2D eigenvalue weighted by Gasteiger charge is 2.23. The van der Waals surface area contributed by atoms with E-state index in [4.69, 9.17) is 4.74 Å². The minimum Gasteiger partial charge on any atom is -0.375 e. The maximum absolute atomic E-state index is 11.8. The highest BCUT2D eigenvalue weighted by Crippen LogP contribution is 2.22. The van der Waals surface area contributed by atoms with Gasteiger partial charge in [-0.2, -0.15) is 0 Å². The molecule has 3 atom stereocenters. The van der Waals surface area contributed by atoms with Gasteiger partial charge < -0.3 is 15.4 Å². The molecule has 0 aromatic heterocycles. The van der Waals surface area contributed by atoms with Crippen molar-refractivity contribution in [2.24, 2.45) is 0 Å². The number of hydrogen-bond acceptors (Lipinski definition) is 3. The Kier molecular flexibility index (Phi) is 6.97. The molecule has 0 radical (unpaired) electrons. The van der Waals surface area contributed by atoms with E-state index in [1.54, 1.807) is 0 Å². The minimum atomic E-state index is 0. The molecular weight excluding hydrogens is 252 g/mol. The third-order valence-corrected chi connectivity index (χ3v) is 3.68. The van der Waals surface area contributed by atoms with Gasteiger partial charge in [-0.25, -0.2) is 0 Å². The summed E-state index contributed by atoms with van der Waals surface area (Å²) in [5, 5.41) is 6.40. The van der Waals surface area contributed by atoms with Crippen molar-refractivity contribution < 1.29 is 9.53 Å². The van der Waals surface area contributed by atoms with Crippen LogP contribution in [0.2, 0.25) is 0 Å². The molecule has 18 heavy (non-hydrogen) atoms. The van der Waals surface area contributed by atoms with E-state index in [1.165, 1.54) is 0 Å². The minimum absolute atomic E-state index is 0. The first-order valence-electron chi connectivity index (χ1n) is 6.89. The number of amides is 1. The summed E-state index contributed by atoms with van der Waals surface area (Å²) in [6, 6.07) is 0.333. The van der Waals surface area contributed by atoms with Gasteiger partial charge in [0.05, 0.1) is 12.2 Å². The van der Waals surface area contributed by atoms with E-state index in [0.717, 1.165) is 45.2 Å². The van der Waals surface area contributed by atoms with Crippen LogP contribution in [0.3, 0.4) is 0 Å². The molecule has 4 nitrogen and oxygen atoms in total. The van der Waals surface area contributed by atoms with E-state index in [0.29, 0.717) is 24.7 Å². The van der Waals surface area contributed by atoms with Gasteiger partial charge >= 0.3 is 0 Å². The van der Waals surface area contributed by atoms with Crippen LogP contribution in [0, 0.1) is 0 Å². The van der Waals surface area contributed by atoms with Gasteiger partial charge in [-0.3, -0.25) is 4.79 Å². The Bertz CT molecular complexity index is 257. The van der Waals surface area contributed by atoms with E-state index < -0.39 is 0 Å². The number of rotatable bonds is 4. The summed E-state index contributed by atoms with van der Waals surface area (Å²) in [6.45, 7) is 4.11. The normalized spacial score (nSPS) is 31.7. The number of piperidine rings is 1. The van der Waals surface area contributed by atoms with Crippen molar-refractivity contribution >= 4 is 18.3 Å². The lowest BCUT2D eigenvalue weighted by Gasteiger charge is -2.24. The Hall–Kier alpha value is -0.320. The van der Waals surface area contributed by atoms with E-state index in [9.17, 15) is 4.79 Å². The molecule has 0 saturated carbocycles. The molecule has 2 saturated heterocycles. The van der Waals surface area contributed by atoms with Crippen LogP contribution < -0.4 is 10.6 Å². The molecule has 0 aliphatic carbocycles. The van der Waals surface area contributed by atoms with Gasteiger partial charge in [0, 0.05) is 19.0 Å². The molecule has 106 valence electrons. The second kappa shape index (κ2) is 7.97. The number of carbonyl (C=O) groups excluding carboxylic acids is 1. The third kappa shape index (κ3) is 5.12.